The lowest BCUT2D eigenvalue weighted by Crippen LogP contribution is -2.28. The molecule has 0 radical (unpaired) electrons. The van der Waals surface area contributed by atoms with Gasteiger partial charge in [0.05, 0.1) is 6.10 Å². The number of hydrogen-bond donors (Lipinski definition) is 1. The van der Waals surface area contributed by atoms with Crippen molar-refractivity contribution in [1.29, 1.82) is 0 Å². The van der Waals surface area contributed by atoms with E-state index in [1.807, 2.05) is 6.92 Å². The second-order valence-corrected chi connectivity index (χ2v) is 3.85. The first-order chi connectivity index (χ1) is 7.33. The minimum absolute atomic E-state index is 0.0402. The van der Waals surface area contributed by atoms with Gasteiger partial charge in [-0.05, 0) is 26.2 Å². The van der Waals surface area contributed by atoms with Gasteiger partial charge < -0.3 is 4.74 Å². The van der Waals surface area contributed by atoms with E-state index in [0.717, 1.165) is 19.3 Å². The summed E-state index contributed by atoms with van der Waals surface area (Å²) < 4.78 is 5.14. The van der Waals surface area contributed by atoms with E-state index in [4.69, 9.17) is 9.57 Å². The SMILES string of the molecule is CCOCCCC(=O)NOC1CCCC1. The highest BCUT2D eigenvalue weighted by atomic mass is 16.7. The van der Waals surface area contributed by atoms with E-state index < -0.39 is 0 Å². The van der Waals surface area contributed by atoms with Crippen LogP contribution >= 0.6 is 0 Å². The van der Waals surface area contributed by atoms with Gasteiger partial charge in [-0.3, -0.25) is 9.63 Å². The van der Waals surface area contributed by atoms with Gasteiger partial charge >= 0.3 is 0 Å². The van der Waals surface area contributed by atoms with Crippen LogP contribution in [0.25, 0.3) is 0 Å². The lowest BCUT2D eigenvalue weighted by molar-refractivity contribution is -0.138. The molecule has 0 spiro atoms. The van der Waals surface area contributed by atoms with Crippen molar-refractivity contribution in [3.63, 3.8) is 0 Å². The first kappa shape index (κ1) is 12.5. The van der Waals surface area contributed by atoms with E-state index in [1.54, 1.807) is 0 Å². The molecule has 0 aromatic rings. The van der Waals surface area contributed by atoms with Crippen molar-refractivity contribution in [1.82, 2.24) is 5.48 Å². The van der Waals surface area contributed by atoms with Gasteiger partial charge in [-0.15, -0.1) is 0 Å². The van der Waals surface area contributed by atoms with Gasteiger partial charge in [0, 0.05) is 19.6 Å². The van der Waals surface area contributed by atoms with Crippen molar-refractivity contribution in [2.75, 3.05) is 13.2 Å². The molecule has 1 fully saturated rings. The maximum Gasteiger partial charge on any atom is 0.243 e. The van der Waals surface area contributed by atoms with Crippen LogP contribution in [0.1, 0.15) is 45.4 Å². The largest absolute Gasteiger partial charge is 0.382 e. The highest BCUT2D eigenvalue weighted by Crippen LogP contribution is 2.19. The Hall–Kier alpha value is -0.610. The highest BCUT2D eigenvalue weighted by Gasteiger charge is 2.16. The molecule has 4 heteroatoms. The van der Waals surface area contributed by atoms with Gasteiger partial charge in [0.15, 0.2) is 0 Å². The number of carbonyl (C=O) groups is 1. The zero-order chi connectivity index (χ0) is 10.9. The van der Waals surface area contributed by atoms with Crippen molar-refractivity contribution in [3.05, 3.63) is 0 Å². The summed E-state index contributed by atoms with van der Waals surface area (Å²) in [6, 6.07) is 0. The summed E-state index contributed by atoms with van der Waals surface area (Å²) in [5, 5.41) is 0. The zero-order valence-corrected chi connectivity index (χ0v) is 9.46. The molecule has 0 saturated heterocycles. The fraction of sp³-hybridized carbons (Fsp3) is 0.909. The van der Waals surface area contributed by atoms with Gasteiger partial charge in [-0.2, -0.15) is 0 Å². The van der Waals surface area contributed by atoms with Crippen molar-refractivity contribution in [2.24, 2.45) is 0 Å². The Morgan fingerprint density at radius 2 is 2.13 bits per heavy atom. The molecule has 1 rings (SSSR count). The molecule has 15 heavy (non-hydrogen) atoms. The summed E-state index contributed by atoms with van der Waals surface area (Å²) in [5.41, 5.74) is 2.51. The van der Waals surface area contributed by atoms with Crippen molar-refractivity contribution in [2.45, 2.75) is 51.6 Å². The number of hydrogen-bond acceptors (Lipinski definition) is 3. The first-order valence-electron chi connectivity index (χ1n) is 5.85. The molecule has 1 N–H and O–H groups in total. The highest BCUT2D eigenvalue weighted by molar-refractivity contribution is 5.74. The van der Waals surface area contributed by atoms with Gasteiger partial charge in [-0.25, -0.2) is 5.48 Å². The molecule has 1 amide bonds. The Kier molecular flexibility index (Phi) is 6.36. The van der Waals surface area contributed by atoms with Gasteiger partial charge in [0.1, 0.15) is 0 Å². The lowest BCUT2D eigenvalue weighted by atomic mass is 10.3. The Morgan fingerprint density at radius 3 is 2.80 bits per heavy atom. The molecule has 0 bridgehead atoms. The summed E-state index contributed by atoms with van der Waals surface area (Å²) >= 11 is 0. The van der Waals surface area contributed by atoms with Gasteiger partial charge in [0.25, 0.3) is 0 Å². The predicted octanol–water partition coefficient (Wildman–Crippen LogP) is 1.79. The third-order valence-corrected chi connectivity index (χ3v) is 2.54. The Morgan fingerprint density at radius 1 is 1.40 bits per heavy atom. The van der Waals surface area contributed by atoms with Crippen LogP contribution in [-0.2, 0) is 14.4 Å². The molecule has 1 aliphatic rings. The monoisotopic (exact) mass is 215 g/mol. The van der Waals surface area contributed by atoms with Crippen LogP contribution in [0.15, 0.2) is 0 Å². The summed E-state index contributed by atoms with van der Waals surface area (Å²) in [7, 11) is 0. The third kappa shape index (κ3) is 5.74. The van der Waals surface area contributed by atoms with Crippen molar-refractivity contribution >= 4 is 5.91 Å². The van der Waals surface area contributed by atoms with E-state index in [1.165, 1.54) is 12.8 Å². The third-order valence-electron chi connectivity index (χ3n) is 2.54. The number of ether oxygens (including phenoxy) is 1. The number of rotatable bonds is 7. The summed E-state index contributed by atoms with van der Waals surface area (Å²) in [4.78, 5) is 16.6. The molecule has 0 heterocycles. The minimum Gasteiger partial charge on any atom is -0.382 e. The van der Waals surface area contributed by atoms with Crippen LogP contribution < -0.4 is 5.48 Å². The standard InChI is InChI=1S/C11H21NO3/c1-2-14-9-5-8-11(13)12-15-10-6-3-4-7-10/h10H,2-9H2,1H3,(H,12,13). The number of hydroxylamine groups is 1. The van der Waals surface area contributed by atoms with Crippen LogP contribution in [0.3, 0.4) is 0 Å². The summed E-state index contributed by atoms with van der Waals surface area (Å²) in [6.07, 6.45) is 6.04. The summed E-state index contributed by atoms with van der Waals surface area (Å²) in [6.45, 7) is 3.30. The lowest BCUT2D eigenvalue weighted by Gasteiger charge is -2.11. The van der Waals surface area contributed by atoms with Crippen molar-refractivity contribution in [3.8, 4) is 0 Å². The molecule has 0 aromatic heterocycles. The molecule has 1 aliphatic carbocycles. The van der Waals surface area contributed by atoms with Crippen molar-refractivity contribution < 1.29 is 14.4 Å². The smallest absolute Gasteiger partial charge is 0.243 e. The molecule has 0 aliphatic heterocycles. The Labute approximate surface area is 91.3 Å². The fourth-order valence-electron chi connectivity index (χ4n) is 1.69. The van der Waals surface area contributed by atoms with E-state index >= 15 is 0 Å². The van der Waals surface area contributed by atoms with E-state index in [-0.39, 0.29) is 12.0 Å². The molecule has 0 aromatic carbocycles. The molecule has 0 atom stereocenters. The Balaban J connectivity index is 1.93. The molecule has 4 nitrogen and oxygen atoms in total. The van der Waals surface area contributed by atoms with E-state index in [9.17, 15) is 4.79 Å². The average Bonchev–Trinajstić information content (AvgIpc) is 2.74. The summed E-state index contributed by atoms with van der Waals surface area (Å²) in [5.74, 6) is -0.0402. The molecule has 0 unspecified atom stereocenters. The van der Waals surface area contributed by atoms with Crippen LogP contribution in [-0.4, -0.2) is 25.2 Å². The van der Waals surface area contributed by atoms with Crippen LogP contribution in [0.5, 0.6) is 0 Å². The maximum absolute atomic E-state index is 11.3. The second-order valence-electron chi connectivity index (χ2n) is 3.85. The maximum atomic E-state index is 11.3. The second kappa shape index (κ2) is 7.65. The van der Waals surface area contributed by atoms with Crippen LogP contribution in [0.2, 0.25) is 0 Å². The van der Waals surface area contributed by atoms with Crippen LogP contribution in [0.4, 0.5) is 0 Å². The zero-order valence-electron chi connectivity index (χ0n) is 9.46. The molecular weight excluding hydrogens is 194 g/mol. The predicted molar refractivity (Wildman–Crippen MR) is 57.2 cm³/mol. The fourth-order valence-corrected chi connectivity index (χ4v) is 1.69. The quantitative estimate of drug-likeness (QED) is 0.520. The number of nitrogens with one attached hydrogen (secondary N) is 1. The normalized spacial score (nSPS) is 16.9. The molecule has 88 valence electrons. The Bertz CT molecular complexity index is 179. The molecular formula is C11H21NO3. The first-order valence-corrected chi connectivity index (χ1v) is 5.85. The van der Waals surface area contributed by atoms with Crippen LogP contribution in [0, 0.1) is 0 Å². The molecule has 1 saturated carbocycles. The minimum atomic E-state index is -0.0402. The van der Waals surface area contributed by atoms with E-state index in [0.29, 0.717) is 19.6 Å². The topological polar surface area (TPSA) is 47.6 Å². The number of carbonyl (C=O) groups excluding carboxylic acids is 1. The van der Waals surface area contributed by atoms with Gasteiger partial charge in [-0.1, -0.05) is 12.8 Å². The van der Waals surface area contributed by atoms with Gasteiger partial charge in [0.2, 0.25) is 5.91 Å². The average molecular weight is 215 g/mol. The number of amides is 1. The van der Waals surface area contributed by atoms with E-state index in [2.05, 4.69) is 5.48 Å².